The lowest BCUT2D eigenvalue weighted by Crippen LogP contribution is -2.28. The third-order valence-electron chi connectivity index (χ3n) is 4.73. The summed E-state index contributed by atoms with van der Waals surface area (Å²) >= 11 is 0. The minimum atomic E-state index is 0.215. The zero-order valence-corrected chi connectivity index (χ0v) is 16.5. The van der Waals surface area contributed by atoms with Crippen LogP contribution in [0, 0.1) is 0 Å². The summed E-state index contributed by atoms with van der Waals surface area (Å²) in [6.07, 6.45) is 5.84. The zero-order chi connectivity index (χ0) is 20.2. The van der Waals surface area contributed by atoms with E-state index in [1.54, 1.807) is 16.8 Å². The summed E-state index contributed by atoms with van der Waals surface area (Å²) in [4.78, 5) is 7.03. The minimum Gasteiger partial charge on any atom is -0.506 e. The molecule has 146 valence electrons. The lowest BCUT2D eigenvalue weighted by atomic mass is 10.1. The van der Waals surface area contributed by atoms with Gasteiger partial charge in [0.2, 0.25) is 0 Å². The van der Waals surface area contributed by atoms with Gasteiger partial charge in [0.15, 0.2) is 0 Å². The number of hydrogen-bond donors (Lipinski definition) is 2. The van der Waals surface area contributed by atoms with E-state index >= 15 is 0 Å². The number of nitrogens with one attached hydrogen (secondary N) is 1. The standard InChI is InChI=1S/C23H23N5O/c1-27(15-17-13-25-28(2)16-17)23-20-8-4-3-7-18(20)11-12-19(26-23)14-24-21-9-5-6-10-22(21)29/h3-11,13,16,24,29H,14-15H2,1-2H3. The van der Waals surface area contributed by atoms with Crippen LogP contribution in [-0.2, 0) is 13.6 Å². The number of phenols is 1. The van der Waals surface area contributed by atoms with Crippen molar-refractivity contribution < 1.29 is 5.11 Å². The number of aromatic hydroxyl groups is 1. The number of nitrogens with zero attached hydrogens (tertiary/aromatic N) is 4. The third kappa shape index (κ3) is 4.23. The normalized spacial score (nSPS) is 12.6. The largest absolute Gasteiger partial charge is 0.506 e. The predicted octanol–water partition coefficient (Wildman–Crippen LogP) is 3.63. The second kappa shape index (κ2) is 8.09. The van der Waals surface area contributed by atoms with Crippen LogP contribution in [0.1, 0.15) is 16.7 Å². The molecule has 0 saturated heterocycles. The molecule has 0 fully saturated rings. The van der Waals surface area contributed by atoms with E-state index < -0.39 is 0 Å². The highest BCUT2D eigenvalue weighted by atomic mass is 16.3. The molecule has 0 bridgehead atoms. The summed E-state index contributed by atoms with van der Waals surface area (Å²) in [5, 5.41) is 17.5. The van der Waals surface area contributed by atoms with Gasteiger partial charge in [-0.15, -0.1) is 0 Å². The molecule has 0 aliphatic carbocycles. The lowest BCUT2D eigenvalue weighted by Gasteiger charge is -2.22. The Labute approximate surface area is 170 Å². The fourth-order valence-corrected chi connectivity index (χ4v) is 3.29. The highest BCUT2D eigenvalue weighted by Gasteiger charge is 2.16. The molecule has 1 aliphatic rings. The molecule has 0 amide bonds. The van der Waals surface area contributed by atoms with Crippen LogP contribution < -0.4 is 5.32 Å². The van der Waals surface area contributed by atoms with Gasteiger partial charge >= 0.3 is 0 Å². The van der Waals surface area contributed by atoms with Crippen molar-refractivity contribution in [2.45, 2.75) is 6.54 Å². The highest BCUT2D eigenvalue weighted by molar-refractivity contribution is 6.02. The molecule has 1 aromatic heterocycles. The molecule has 0 atom stereocenters. The van der Waals surface area contributed by atoms with Crippen LogP contribution in [0.5, 0.6) is 5.75 Å². The maximum absolute atomic E-state index is 9.99. The molecule has 3 aromatic rings. The van der Waals surface area contributed by atoms with Crippen molar-refractivity contribution in [3.05, 3.63) is 89.0 Å². The van der Waals surface area contributed by atoms with E-state index in [2.05, 4.69) is 33.2 Å². The zero-order valence-electron chi connectivity index (χ0n) is 16.5. The number of benzene rings is 2. The van der Waals surface area contributed by atoms with Crippen molar-refractivity contribution in [1.82, 2.24) is 14.7 Å². The molecule has 2 aromatic carbocycles. The average Bonchev–Trinajstić information content (AvgIpc) is 3.03. The van der Waals surface area contributed by atoms with Gasteiger partial charge in [-0.3, -0.25) is 4.68 Å². The first-order valence-electron chi connectivity index (χ1n) is 9.44. The van der Waals surface area contributed by atoms with Crippen molar-refractivity contribution in [1.29, 1.82) is 0 Å². The Morgan fingerprint density at radius 3 is 2.72 bits per heavy atom. The van der Waals surface area contributed by atoms with Crippen LogP contribution in [0.4, 0.5) is 5.69 Å². The van der Waals surface area contributed by atoms with Gasteiger partial charge in [0.05, 0.1) is 18.4 Å². The van der Waals surface area contributed by atoms with E-state index in [0.717, 1.165) is 28.2 Å². The highest BCUT2D eigenvalue weighted by Crippen LogP contribution is 2.23. The lowest BCUT2D eigenvalue weighted by molar-refractivity contribution is 0.477. The van der Waals surface area contributed by atoms with E-state index in [4.69, 9.17) is 4.99 Å². The number of para-hydroxylation sites is 2. The van der Waals surface area contributed by atoms with Gasteiger partial charge in [0, 0.05) is 38.0 Å². The molecule has 0 spiro atoms. The molecular formula is C23H23N5O. The van der Waals surface area contributed by atoms with E-state index in [0.29, 0.717) is 18.8 Å². The molecule has 6 nitrogen and oxygen atoms in total. The Kier molecular flexibility index (Phi) is 5.18. The topological polar surface area (TPSA) is 65.7 Å². The molecule has 4 rings (SSSR count). The smallest absolute Gasteiger partial charge is 0.138 e. The number of rotatable bonds is 5. The Hall–Kier alpha value is -3.76. The Morgan fingerprint density at radius 1 is 1.14 bits per heavy atom. The molecule has 0 saturated carbocycles. The van der Waals surface area contributed by atoms with Crippen molar-refractivity contribution in [3.63, 3.8) is 0 Å². The maximum Gasteiger partial charge on any atom is 0.138 e. The van der Waals surface area contributed by atoms with Crippen LogP contribution in [-0.4, -0.2) is 39.2 Å². The van der Waals surface area contributed by atoms with Crippen LogP contribution in [0.25, 0.3) is 6.08 Å². The minimum absolute atomic E-state index is 0.215. The number of amidine groups is 1. The first-order chi connectivity index (χ1) is 14.1. The SMILES string of the molecule is CN(Cc1cnn(C)c1)C1=NC(CNc2ccccc2O)=C=Cc2ccccc21. The molecule has 2 N–H and O–H groups in total. The summed E-state index contributed by atoms with van der Waals surface area (Å²) in [5.74, 6) is 1.09. The Morgan fingerprint density at radius 2 is 1.93 bits per heavy atom. The molecule has 0 unspecified atom stereocenters. The van der Waals surface area contributed by atoms with E-state index in [-0.39, 0.29) is 5.75 Å². The molecule has 0 radical (unpaired) electrons. The number of fused-ring (bicyclic) bond motifs is 1. The predicted molar refractivity (Wildman–Crippen MR) is 116 cm³/mol. The average molecular weight is 385 g/mol. The molecular weight excluding hydrogens is 362 g/mol. The van der Waals surface area contributed by atoms with Crippen LogP contribution >= 0.6 is 0 Å². The van der Waals surface area contributed by atoms with Crippen LogP contribution in [0.2, 0.25) is 0 Å². The summed E-state index contributed by atoms with van der Waals surface area (Å²) in [6.45, 7) is 1.15. The van der Waals surface area contributed by atoms with E-state index in [9.17, 15) is 5.11 Å². The number of aliphatic imine (C=N–C) groups is 1. The molecule has 2 heterocycles. The van der Waals surface area contributed by atoms with Crippen LogP contribution in [0.15, 0.2) is 77.3 Å². The summed E-state index contributed by atoms with van der Waals surface area (Å²) in [6, 6.07) is 15.3. The second-order valence-electron chi connectivity index (χ2n) is 7.01. The molecule has 6 heteroatoms. The quantitative estimate of drug-likeness (QED) is 0.520. The summed E-state index contributed by atoms with van der Waals surface area (Å²) in [5.41, 5.74) is 7.98. The number of aromatic nitrogens is 2. The van der Waals surface area contributed by atoms with Gasteiger partial charge in [0.25, 0.3) is 0 Å². The van der Waals surface area contributed by atoms with Crippen molar-refractivity contribution in [2.75, 3.05) is 18.9 Å². The van der Waals surface area contributed by atoms with Gasteiger partial charge in [-0.2, -0.15) is 5.10 Å². The fourth-order valence-electron chi connectivity index (χ4n) is 3.29. The summed E-state index contributed by atoms with van der Waals surface area (Å²) < 4.78 is 1.80. The second-order valence-corrected chi connectivity index (χ2v) is 7.01. The van der Waals surface area contributed by atoms with Gasteiger partial charge in [-0.05, 0) is 23.8 Å². The Bertz CT molecular complexity index is 1120. The molecule has 29 heavy (non-hydrogen) atoms. The van der Waals surface area contributed by atoms with Crippen molar-refractivity contribution in [2.24, 2.45) is 12.0 Å². The summed E-state index contributed by atoms with van der Waals surface area (Å²) in [7, 11) is 3.94. The van der Waals surface area contributed by atoms with Gasteiger partial charge in [-0.1, -0.05) is 42.1 Å². The van der Waals surface area contributed by atoms with Gasteiger partial charge in [-0.25, -0.2) is 4.99 Å². The number of aryl methyl sites for hydroxylation is 1. The number of hydrogen-bond acceptors (Lipinski definition) is 5. The number of anilines is 1. The first kappa shape index (κ1) is 18.6. The van der Waals surface area contributed by atoms with Crippen molar-refractivity contribution >= 4 is 17.6 Å². The van der Waals surface area contributed by atoms with Crippen molar-refractivity contribution in [3.8, 4) is 5.75 Å². The fraction of sp³-hybridized carbons (Fsp3) is 0.174. The number of phenolic OH excluding ortho intramolecular Hbond substituents is 1. The molecule has 1 aliphatic heterocycles. The maximum atomic E-state index is 9.99. The van der Waals surface area contributed by atoms with Gasteiger partial charge in [0.1, 0.15) is 17.3 Å². The van der Waals surface area contributed by atoms with E-state index in [1.165, 1.54) is 0 Å². The monoisotopic (exact) mass is 385 g/mol. The Balaban J connectivity index is 1.62. The van der Waals surface area contributed by atoms with E-state index in [1.807, 2.05) is 56.8 Å². The van der Waals surface area contributed by atoms with Gasteiger partial charge < -0.3 is 15.3 Å². The third-order valence-corrected chi connectivity index (χ3v) is 4.73. The van der Waals surface area contributed by atoms with Crippen LogP contribution in [0.3, 0.4) is 0 Å². The first-order valence-corrected chi connectivity index (χ1v) is 9.44.